The average Bonchev–Trinajstić information content (AvgIpc) is 2.92. The maximum Gasteiger partial charge on any atom is 0.326 e. The molecule has 1 atom stereocenters. The maximum atomic E-state index is 12.6. The molecule has 3 aromatic rings. The van der Waals surface area contributed by atoms with Gasteiger partial charge in [-0.05, 0) is 49.2 Å². The fourth-order valence-corrected chi connectivity index (χ4v) is 4.13. The fourth-order valence-electron chi connectivity index (χ4n) is 2.77. The summed E-state index contributed by atoms with van der Waals surface area (Å²) in [5.41, 5.74) is 2.18. The van der Waals surface area contributed by atoms with E-state index in [1.54, 1.807) is 35.8 Å². The highest BCUT2D eigenvalue weighted by Crippen LogP contribution is 2.24. The molecule has 2 aromatic carbocycles. The second kappa shape index (κ2) is 7.43. The number of carboxylic acid groups (broad SMARTS) is 1. The predicted molar refractivity (Wildman–Crippen MR) is 103 cm³/mol. The van der Waals surface area contributed by atoms with Crippen LogP contribution in [0.3, 0.4) is 0 Å². The summed E-state index contributed by atoms with van der Waals surface area (Å²) < 4.78 is 2.52. The molecule has 5 nitrogen and oxygen atoms in total. The van der Waals surface area contributed by atoms with E-state index in [1.807, 2.05) is 25.1 Å². The first-order valence-electron chi connectivity index (χ1n) is 8.10. The number of carboxylic acids is 1. The van der Waals surface area contributed by atoms with Crippen molar-refractivity contribution < 1.29 is 14.7 Å². The van der Waals surface area contributed by atoms with Gasteiger partial charge in [0.25, 0.3) is 5.91 Å². The van der Waals surface area contributed by atoms with Crippen molar-refractivity contribution in [3.05, 3.63) is 63.4 Å². The van der Waals surface area contributed by atoms with Crippen molar-refractivity contribution in [2.45, 2.75) is 26.3 Å². The number of aromatic nitrogens is 1. The molecule has 0 bridgehead atoms. The van der Waals surface area contributed by atoms with Crippen LogP contribution in [0.4, 0.5) is 0 Å². The molecular weight excluding hydrogens is 372 g/mol. The Morgan fingerprint density at radius 3 is 2.69 bits per heavy atom. The van der Waals surface area contributed by atoms with Gasteiger partial charge in [0.1, 0.15) is 6.04 Å². The number of aryl methyl sites for hydroxylation is 1. The Morgan fingerprint density at radius 1 is 1.27 bits per heavy atom. The van der Waals surface area contributed by atoms with Gasteiger partial charge in [-0.15, -0.1) is 0 Å². The van der Waals surface area contributed by atoms with Crippen LogP contribution in [0.15, 0.2) is 47.5 Å². The second-order valence-electron chi connectivity index (χ2n) is 5.92. The smallest absolute Gasteiger partial charge is 0.326 e. The highest BCUT2D eigenvalue weighted by atomic mass is 35.5. The normalized spacial score (nSPS) is 13.1. The molecule has 0 fully saturated rings. The molecule has 0 saturated carbocycles. The van der Waals surface area contributed by atoms with E-state index < -0.39 is 17.9 Å². The highest BCUT2D eigenvalue weighted by Gasteiger charge is 2.22. The third-order valence-corrected chi connectivity index (χ3v) is 5.29. The van der Waals surface area contributed by atoms with Crippen LogP contribution in [0.1, 0.15) is 35.3 Å². The summed E-state index contributed by atoms with van der Waals surface area (Å²) in [7, 11) is 0. The van der Waals surface area contributed by atoms with Crippen molar-refractivity contribution >= 4 is 45.0 Å². The highest BCUT2D eigenvalue weighted by molar-refractivity contribution is 7.16. The number of carbonyl (C=O) groups is 2. The average molecular weight is 389 g/mol. The molecule has 0 saturated heterocycles. The van der Waals surface area contributed by atoms with Crippen LogP contribution >= 0.6 is 22.9 Å². The number of carbonyl (C=O) groups excluding carboxylic acids is 1. The minimum absolute atomic E-state index is 0.362. The van der Waals surface area contributed by atoms with Gasteiger partial charge in [-0.25, -0.2) is 4.79 Å². The zero-order chi connectivity index (χ0) is 18.8. The van der Waals surface area contributed by atoms with Crippen molar-refractivity contribution in [2.24, 2.45) is 4.99 Å². The molecule has 0 radical (unpaired) electrons. The maximum absolute atomic E-state index is 12.6. The van der Waals surface area contributed by atoms with Crippen LogP contribution in [0, 0.1) is 6.92 Å². The van der Waals surface area contributed by atoms with Crippen molar-refractivity contribution in [2.75, 3.05) is 0 Å². The van der Waals surface area contributed by atoms with Crippen LogP contribution < -0.4 is 4.80 Å². The van der Waals surface area contributed by atoms with Gasteiger partial charge in [0.05, 0.1) is 10.2 Å². The monoisotopic (exact) mass is 388 g/mol. The number of hydrogen-bond donors (Lipinski definition) is 1. The standard InChI is InChI=1S/C19H17ClN2O3S/c1-3-14(18(24)25)22-15-8-7-11(2)9-16(15)26-19(22)21-17(23)12-5-4-6-13(20)10-12/h4-10,14H,3H2,1-2H3,(H,24,25). The van der Waals surface area contributed by atoms with Crippen molar-refractivity contribution in [1.29, 1.82) is 0 Å². The molecular formula is C19H17ClN2O3S. The van der Waals surface area contributed by atoms with Crippen LogP contribution in [0.5, 0.6) is 0 Å². The summed E-state index contributed by atoms with van der Waals surface area (Å²) in [5, 5.41) is 10.1. The Kier molecular flexibility index (Phi) is 5.25. The predicted octanol–water partition coefficient (Wildman–Crippen LogP) is 4.44. The van der Waals surface area contributed by atoms with E-state index in [0.717, 1.165) is 15.8 Å². The number of hydrogen-bond acceptors (Lipinski definition) is 3. The second-order valence-corrected chi connectivity index (χ2v) is 7.36. The summed E-state index contributed by atoms with van der Waals surface area (Å²) in [5.74, 6) is -1.41. The van der Waals surface area contributed by atoms with Crippen molar-refractivity contribution in [1.82, 2.24) is 4.57 Å². The molecule has 0 aliphatic rings. The molecule has 3 rings (SSSR count). The van der Waals surface area contributed by atoms with E-state index in [2.05, 4.69) is 4.99 Å². The summed E-state index contributed by atoms with van der Waals surface area (Å²) in [6.07, 6.45) is 0.383. The Bertz CT molecular complexity index is 1070. The van der Waals surface area contributed by atoms with Gasteiger partial charge in [-0.1, -0.05) is 42.0 Å². The molecule has 7 heteroatoms. The lowest BCUT2D eigenvalue weighted by atomic mass is 10.2. The van der Waals surface area contributed by atoms with Crippen LogP contribution in [-0.4, -0.2) is 21.6 Å². The lowest BCUT2D eigenvalue weighted by Gasteiger charge is -2.13. The van der Waals surface area contributed by atoms with E-state index in [4.69, 9.17) is 11.6 Å². The first-order chi connectivity index (χ1) is 12.4. The fraction of sp³-hybridized carbons (Fsp3) is 0.211. The molecule has 134 valence electrons. The first-order valence-corrected chi connectivity index (χ1v) is 9.29. The van der Waals surface area contributed by atoms with Crippen LogP contribution in [0.2, 0.25) is 5.02 Å². The SMILES string of the molecule is CCC(C(=O)O)n1c(=NC(=O)c2cccc(Cl)c2)sc2cc(C)ccc21. The van der Waals surface area contributed by atoms with Crippen LogP contribution in [-0.2, 0) is 4.79 Å². The van der Waals surface area contributed by atoms with E-state index in [9.17, 15) is 14.7 Å². The lowest BCUT2D eigenvalue weighted by molar-refractivity contribution is -0.140. The van der Waals surface area contributed by atoms with Gasteiger partial charge in [-0.3, -0.25) is 4.79 Å². The largest absolute Gasteiger partial charge is 0.480 e. The number of rotatable bonds is 4. The van der Waals surface area contributed by atoms with Crippen LogP contribution in [0.25, 0.3) is 10.2 Å². The number of thiazole rings is 1. The molecule has 0 aliphatic carbocycles. The van der Waals surface area contributed by atoms with Crippen molar-refractivity contribution in [3.63, 3.8) is 0 Å². The van der Waals surface area contributed by atoms with Gasteiger partial charge in [0, 0.05) is 10.6 Å². The Balaban J connectivity index is 2.24. The number of halogens is 1. The van der Waals surface area contributed by atoms with E-state index in [0.29, 0.717) is 21.8 Å². The molecule has 26 heavy (non-hydrogen) atoms. The lowest BCUT2D eigenvalue weighted by Crippen LogP contribution is -2.27. The quantitative estimate of drug-likeness (QED) is 0.718. The molecule has 1 aromatic heterocycles. The minimum Gasteiger partial charge on any atom is -0.480 e. The number of benzene rings is 2. The van der Waals surface area contributed by atoms with E-state index in [-0.39, 0.29) is 0 Å². The minimum atomic E-state index is -0.954. The zero-order valence-corrected chi connectivity index (χ0v) is 15.8. The molecule has 0 aliphatic heterocycles. The number of aliphatic carboxylic acids is 1. The molecule has 1 unspecified atom stereocenters. The molecule has 0 spiro atoms. The first kappa shape index (κ1) is 18.4. The number of amides is 1. The summed E-state index contributed by atoms with van der Waals surface area (Å²) in [6, 6.07) is 11.5. The van der Waals surface area contributed by atoms with Gasteiger partial charge in [0.15, 0.2) is 4.80 Å². The van der Waals surface area contributed by atoms with Crippen molar-refractivity contribution in [3.8, 4) is 0 Å². The molecule has 1 heterocycles. The zero-order valence-electron chi connectivity index (χ0n) is 14.3. The van der Waals surface area contributed by atoms with Gasteiger partial charge in [-0.2, -0.15) is 4.99 Å². The van der Waals surface area contributed by atoms with E-state index in [1.165, 1.54) is 11.3 Å². The Morgan fingerprint density at radius 2 is 2.04 bits per heavy atom. The van der Waals surface area contributed by atoms with Gasteiger partial charge >= 0.3 is 5.97 Å². The summed E-state index contributed by atoms with van der Waals surface area (Å²) in [4.78, 5) is 28.9. The summed E-state index contributed by atoms with van der Waals surface area (Å²) >= 11 is 7.25. The Labute approximate surface area is 159 Å². The number of nitrogens with zero attached hydrogens (tertiary/aromatic N) is 2. The topological polar surface area (TPSA) is 71.7 Å². The van der Waals surface area contributed by atoms with E-state index >= 15 is 0 Å². The van der Waals surface area contributed by atoms with Gasteiger partial charge < -0.3 is 9.67 Å². The Hall–Kier alpha value is -2.44. The molecule has 1 N–H and O–H groups in total. The third kappa shape index (κ3) is 3.57. The number of fused-ring (bicyclic) bond motifs is 1. The third-order valence-electron chi connectivity index (χ3n) is 4.03. The summed E-state index contributed by atoms with van der Waals surface area (Å²) in [6.45, 7) is 3.76. The van der Waals surface area contributed by atoms with Gasteiger partial charge in [0.2, 0.25) is 0 Å². The molecule has 1 amide bonds.